The van der Waals surface area contributed by atoms with Gasteiger partial charge in [0.25, 0.3) is 5.78 Å². The Kier molecular flexibility index (Phi) is 5.26. The highest BCUT2D eigenvalue weighted by Crippen LogP contribution is 2.42. The Morgan fingerprint density at radius 2 is 1.88 bits per heavy atom. The van der Waals surface area contributed by atoms with E-state index in [2.05, 4.69) is 14.8 Å². The molecule has 0 atom stereocenters. The molecule has 0 saturated carbocycles. The molecule has 0 saturated heterocycles. The van der Waals surface area contributed by atoms with Gasteiger partial charge in [-0.15, -0.1) is 11.3 Å². The lowest BCUT2D eigenvalue weighted by molar-refractivity contribution is -0.741. The van der Waals surface area contributed by atoms with Crippen molar-refractivity contribution in [1.82, 2.24) is 10.3 Å². The van der Waals surface area contributed by atoms with Crippen LogP contribution in [0.4, 0.5) is 14.5 Å². The van der Waals surface area contributed by atoms with E-state index in [0.29, 0.717) is 32.1 Å². The van der Waals surface area contributed by atoms with Crippen molar-refractivity contribution in [1.29, 1.82) is 0 Å². The molecule has 3 N–H and O–H groups in total. The molecule has 7 nitrogen and oxygen atoms in total. The van der Waals surface area contributed by atoms with E-state index in [0.717, 1.165) is 28.2 Å². The summed E-state index contributed by atoms with van der Waals surface area (Å²) in [6.45, 7) is 0. The molecular weight excluding hydrogens is 486 g/mol. The molecule has 0 aliphatic carbocycles. The third-order valence-electron chi connectivity index (χ3n) is 5.29. The van der Waals surface area contributed by atoms with Crippen LogP contribution >= 0.6 is 22.9 Å². The van der Waals surface area contributed by atoms with E-state index in [1.165, 1.54) is 13.1 Å². The van der Waals surface area contributed by atoms with Gasteiger partial charge in [-0.05, 0) is 41.2 Å². The van der Waals surface area contributed by atoms with Crippen molar-refractivity contribution >= 4 is 44.6 Å². The van der Waals surface area contributed by atoms with Crippen LogP contribution in [-0.2, 0) is 7.05 Å². The van der Waals surface area contributed by atoms with Crippen molar-refractivity contribution in [2.24, 2.45) is 7.05 Å². The number of aromatic nitrogens is 3. The Labute approximate surface area is 199 Å². The molecule has 0 fully saturated rings. The van der Waals surface area contributed by atoms with Crippen molar-refractivity contribution in [3.8, 4) is 22.4 Å². The topological polar surface area (TPSA) is 106 Å². The maximum absolute atomic E-state index is 14.8. The van der Waals surface area contributed by atoms with Crippen LogP contribution in [0, 0.1) is 11.6 Å². The summed E-state index contributed by atoms with van der Waals surface area (Å²) < 4.78 is 34.3. The molecule has 0 radical (unpaired) electrons. The van der Waals surface area contributed by atoms with Crippen LogP contribution in [-0.4, -0.2) is 16.0 Å². The fourth-order valence-electron chi connectivity index (χ4n) is 3.67. The summed E-state index contributed by atoms with van der Waals surface area (Å²) in [6.07, 6.45) is 0. The van der Waals surface area contributed by atoms with E-state index in [1.807, 2.05) is 0 Å². The molecule has 0 aliphatic heterocycles. The van der Waals surface area contributed by atoms with Gasteiger partial charge in [0.05, 0.1) is 11.4 Å². The predicted molar refractivity (Wildman–Crippen MR) is 124 cm³/mol. The van der Waals surface area contributed by atoms with E-state index in [9.17, 15) is 18.4 Å². The second kappa shape index (κ2) is 8.15. The summed E-state index contributed by atoms with van der Waals surface area (Å²) in [6, 6.07) is 11.7. The summed E-state index contributed by atoms with van der Waals surface area (Å²) in [4.78, 5) is 30.2. The van der Waals surface area contributed by atoms with Crippen LogP contribution < -0.4 is 16.0 Å². The van der Waals surface area contributed by atoms with E-state index in [4.69, 9.17) is 17.3 Å². The largest absolute Gasteiger partial charge is 0.438 e. The van der Waals surface area contributed by atoms with Gasteiger partial charge in [0, 0.05) is 27.6 Å². The first-order valence-electron chi connectivity index (χ1n) is 9.81. The summed E-state index contributed by atoms with van der Waals surface area (Å²) in [7, 11) is 1.44. The number of carbonyl (C=O) groups is 1. The molecular formula is C23H14ClF2N4O3S+. The summed E-state index contributed by atoms with van der Waals surface area (Å²) >= 11 is 6.96. The number of carbonyl (C=O) groups excluding carboxylic acids is 1. The molecule has 0 unspecified atom stereocenters. The number of nitrogens with two attached hydrogens (primary N) is 1. The number of rotatable bonds is 4. The number of anilines is 1. The summed E-state index contributed by atoms with van der Waals surface area (Å²) in [5, 5.41) is 3.13. The summed E-state index contributed by atoms with van der Waals surface area (Å²) in [5.74, 6) is -2.20. The lowest BCUT2D eigenvalue weighted by Crippen LogP contribution is -2.39. The monoisotopic (exact) mass is 499 g/mol. The number of hydrogen-bond donors (Lipinski definition) is 2. The number of pyridine rings is 1. The Morgan fingerprint density at radius 1 is 1.15 bits per heavy atom. The van der Waals surface area contributed by atoms with Gasteiger partial charge >= 0.3 is 11.3 Å². The van der Waals surface area contributed by atoms with Crippen LogP contribution in [0.5, 0.6) is 0 Å². The highest BCUT2D eigenvalue weighted by molar-refractivity contribution is 7.21. The third-order valence-corrected chi connectivity index (χ3v) is 6.64. The lowest BCUT2D eigenvalue weighted by atomic mass is 9.98. The summed E-state index contributed by atoms with van der Waals surface area (Å²) in [5.41, 5.74) is 6.83. The van der Waals surface area contributed by atoms with Gasteiger partial charge in [0.15, 0.2) is 7.05 Å². The maximum Gasteiger partial charge on any atom is 0.438 e. The van der Waals surface area contributed by atoms with Crippen molar-refractivity contribution in [2.75, 3.05) is 5.73 Å². The molecule has 5 rings (SSSR count). The van der Waals surface area contributed by atoms with Crippen LogP contribution in [0.2, 0.25) is 5.02 Å². The van der Waals surface area contributed by atoms with Crippen LogP contribution in [0.25, 0.3) is 32.6 Å². The Morgan fingerprint density at radius 3 is 2.53 bits per heavy atom. The number of thiophene rings is 1. The second-order valence-corrected chi connectivity index (χ2v) is 8.86. The number of nitrogens with zero attached hydrogens (tertiary/aromatic N) is 2. The second-order valence-electron chi connectivity index (χ2n) is 7.43. The zero-order valence-corrected chi connectivity index (χ0v) is 18.9. The number of ketones is 1. The normalized spacial score (nSPS) is 11.3. The van der Waals surface area contributed by atoms with E-state index in [1.54, 1.807) is 30.3 Å². The first-order chi connectivity index (χ1) is 16.2. The van der Waals surface area contributed by atoms with Gasteiger partial charge in [-0.3, -0.25) is 9.32 Å². The molecule has 170 valence electrons. The Hall–Kier alpha value is -3.89. The van der Waals surface area contributed by atoms with Crippen LogP contribution in [0.15, 0.2) is 57.8 Å². The number of hydrogen-bond acceptors (Lipinski definition) is 6. The first kappa shape index (κ1) is 21.9. The molecule has 34 heavy (non-hydrogen) atoms. The average Bonchev–Trinajstić information content (AvgIpc) is 3.32. The Balaban J connectivity index is 1.81. The van der Waals surface area contributed by atoms with Gasteiger partial charge in [0.1, 0.15) is 21.3 Å². The number of fused-ring (bicyclic) bond motifs is 1. The average molecular weight is 500 g/mol. The molecule has 0 bridgehead atoms. The Bertz CT molecular complexity index is 1660. The van der Waals surface area contributed by atoms with Gasteiger partial charge in [-0.25, -0.2) is 18.6 Å². The van der Waals surface area contributed by atoms with E-state index >= 15 is 0 Å². The standard InChI is InChI=1S/C23H13ClF2N4O3S/c1-30-19(23(32)33-29-30)20(31)21-18(27)17-14(13-7-6-12(25)8-15(13)26)9-16(28-22(17)34-21)10-2-4-11(24)5-3-10/h2-9H,1H3,(H2-,27,29,31,32)/p+1. The van der Waals surface area contributed by atoms with Crippen molar-refractivity contribution in [3.05, 3.63) is 86.2 Å². The van der Waals surface area contributed by atoms with Gasteiger partial charge in [-0.2, -0.15) is 0 Å². The van der Waals surface area contributed by atoms with Gasteiger partial charge < -0.3 is 5.73 Å². The number of benzene rings is 2. The number of aromatic amines is 1. The number of H-pyrrole nitrogens is 1. The minimum atomic E-state index is -0.857. The molecule has 0 aliphatic rings. The highest BCUT2D eigenvalue weighted by atomic mass is 35.5. The molecule has 0 spiro atoms. The lowest BCUT2D eigenvalue weighted by Gasteiger charge is -2.10. The predicted octanol–water partition coefficient (Wildman–Crippen LogP) is 4.48. The minimum Gasteiger partial charge on any atom is -0.397 e. The quantitative estimate of drug-likeness (QED) is 0.280. The van der Waals surface area contributed by atoms with E-state index in [-0.39, 0.29) is 21.8 Å². The van der Waals surface area contributed by atoms with Gasteiger partial charge in [-0.1, -0.05) is 28.4 Å². The maximum atomic E-state index is 14.8. The third kappa shape index (κ3) is 3.57. The molecule has 2 aromatic carbocycles. The van der Waals surface area contributed by atoms with Crippen LogP contribution in [0.1, 0.15) is 15.4 Å². The molecule has 0 amide bonds. The number of halogens is 3. The van der Waals surface area contributed by atoms with Crippen molar-refractivity contribution in [2.45, 2.75) is 0 Å². The molecule has 3 heterocycles. The zero-order chi connectivity index (χ0) is 24.1. The number of aryl methyl sites for hydroxylation is 1. The number of nitrogen functional groups attached to an aromatic ring is 1. The molecule has 5 aromatic rings. The first-order valence-corrected chi connectivity index (χ1v) is 11.0. The number of nitrogens with one attached hydrogen (secondary N) is 1. The fraction of sp³-hybridized carbons (Fsp3) is 0.0435. The fourth-order valence-corrected chi connectivity index (χ4v) is 4.86. The van der Waals surface area contributed by atoms with E-state index < -0.39 is 23.0 Å². The van der Waals surface area contributed by atoms with Crippen molar-refractivity contribution < 1.29 is 22.8 Å². The van der Waals surface area contributed by atoms with Crippen LogP contribution in [0.3, 0.4) is 0 Å². The SMILES string of the molecule is C[n+]1[nH]oc(=O)c1C(=O)c1sc2nc(-c3ccc(Cl)cc3)cc(-c3ccc(F)cc3F)c2c1N. The van der Waals surface area contributed by atoms with Gasteiger partial charge in [0.2, 0.25) is 0 Å². The highest BCUT2D eigenvalue weighted by Gasteiger charge is 2.32. The molecule has 3 aromatic heterocycles. The smallest absolute Gasteiger partial charge is 0.397 e. The zero-order valence-electron chi connectivity index (χ0n) is 17.4. The minimum absolute atomic E-state index is 0.0273. The van der Waals surface area contributed by atoms with Crippen molar-refractivity contribution in [3.63, 3.8) is 0 Å². The molecule has 11 heteroatoms.